The zero-order valence-electron chi connectivity index (χ0n) is 18.5. The summed E-state index contributed by atoms with van der Waals surface area (Å²) in [4.78, 5) is 24.3. The van der Waals surface area contributed by atoms with Crippen molar-refractivity contribution in [3.8, 4) is 0 Å². The molecule has 0 aliphatic heterocycles. The van der Waals surface area contributed by atoms with Gasteiger partial charge in [-0.05, 0) is 63.7 Å². The molecular weight excluding hydrogens is 466 g/mol. The number of benzene rings is 2. The number of nitrogens with zero attached hydrogens (tertiary/aromatic N) is 3. The Hall–Kier alpha value is -1.25. The van der Waals surface area contributed by atoms with Crippen molar-refractivity contribution in [1.29, 1.82) is 0 Å². The molecule has 0 aliphatic carbocycles. The third-order valence-corrected chi connectivity index (χ3v) is 7.63. The van der Waals surface area contributed by atoms with E-state index in [4.69, 9.17) is 4.98 Å². The zero-order chi connectivity index (χ0) is 21.5. The predicted molar refractivity (Wildman–Crippen MR) is 141 cm³/mol. The molecule has 0 saturated carbocycles. The summed E-state index contributed by atoms with van der Waals surface area (Å²) >= 11 is 5.12. The normalized spacial score (nSPS) is 11.0. The van der Waals surface area contributed by atoms with Crippen LogP contribution >= 0.6 is 47.3 Å². The molecule has 0 N–H and O–H groups in total. The van der Waals surface area contributed by atoms with Crippen molar-refractivity contribution in [2.75, 3.05) is 44.1 Å². The molecule has 3 rings (SSSR count). The minimum Gasteiger partial charge on any atom is -0.308 e. The number of para-hydroxylation sites is 1. The number of aromatic nitrogens is 1. The van der Waals surface area contributed by atoms with Crippen LogP contribution in [0.3, 0.4) is 0 Å². The Morgan fingerprint density at radius 1 is 1.10 bits per heavy atom. The number of thioether (sulfide) groups is 2. The maximum Gasteiger partial charge on any atom is 0.228 e. The van der Waals surface area contributed by atoms with E-state index in [2.05, 4.69) is 60.5 Å². The lowest BCUT2D eigenvalue weighted by Gasteiger charge is -2.22. The van der Waals surface area contributed by atoms with Crippen LogP contribution in [0.2, 0.25) is 0 Å². The molecule has 3 aromatic rings. The fourth-order valence-electron chi connectivity index (χ4n) is 3.00. The third kappa shape index (κ3) is 7.39. The lowest BCUT2D eigenvalue weighted by molar-refractivity contribution is -0.118. The largest absolute Gasteiger partial charge is 0.308 e. The van der Waals surface area contributed by atoms with Crippen molar-refractivity contribution in [3.63, 3.8) is 0 Å². The number of rotatable bonds is 10. The van der Waals surface area contributed by atoms with Crippen LogP contribution in [0.15, 0.2) is 52.3 Å². The Morgan fingerprint density at radius 2 is 1.84 bits per heavy atom. The van der Waals surface area contributed by atoms with E-state index in [9.17, 15) is 4.79 Å². The van der Waals surface area contributed by atoms with Crippen LogP contribution in [-0.4, -0.2) is 55.0 Å². The SMILES string of the molecule is CSc1cccc2sc(N(CCN(C)C)C(=O)CCCSc3ccc(C)cc3)nc12.Cl. The van der Waals surface area contributed by atoms with Gasteiger partial charge in [-0.15, -0.1) is 35.9 Å². The first-order valence-corrected chi connectivity index (χ1v) is 13.1. The van der Waals surface area contributed by atoms with E-state index in [-0.39, 0.29) is 18.3 Å². The second-order valence-corrected chi connectivity index (χ2v) is 10.4. The number of anilines is 1. The number of halogens is 1. The number of hydrogen-bond acceptors (Lipinski definition) is 6. The molecule has 0 spiro atoms. The number of carbonyl (C=O) groups is 1. The molecule has 0 fully saturated rings. The first kappa shape index (κ1) is 26.0. The lowest BCUT2D eigenvalue weighted by atomic mass is 10.2. The summed E-state index contributed by atoms with van der Waals surface area (Å²) in [5, 5.41) is 0.810. The van der Waals surface area contributed by atoms with Crippen molar-refractivity contribution in [1.82, 2.24) is 9.88 Å². The van der Waals surface area contributed by atoms with Gasteiger partial charge in [0.25, 0.3) is 0 Å². The summed E-state index contributed by atoms with van der Waals surface area (Å²) in [6.07, 6.45) is 3.46. The molecule has 4 nitrogen and oxygen atoms in total. The second kappa shape index (κ2) is 12.7. The summed E-state index contributed by atoms with van der Waals surface area (Å²) in [5.41, 5.74) is 2.27. The number of hydrogen-bond donors (Lipinski definition) is 0. The number of fused-ring (bicyclic) bond motifs is 1. The fourth-order valence-corrected chi connectivity index (χ4v) is 5.52. The number of likely N-dealkylation sites (N-methyl/N-ethyl adjacent to an activating group) is 1. The number of amides is 1. The van der Waals surface area contributed by atoms with Crippen molar-refractivity contribution in [2.45, 2.75) is 29.6 Å². The maximum absolute atomic E-state index is 13.1. The topological polar surface area (TPSA) is 36.4 Å². The minimum atomic E-state index is 0. The Balaban J connectivity index is 0.00000341. The van der Waals surface area contributed by atoms with Gasteiger partial charge in [0.15, 0.2) is 5.13 Å². The highest BCUT2D eigenvalue weighted by molar-refractivity contribution is 7.99. The molecule has 0 bridgehead atoms. The molecule has 0 saturated heterocycles. The van der Waals surface area contributed by atoms with Gasteiger partial charge < -0.3 is 4.90 Å². The van der Waals surface area contributed by atoms with E-state index in [0.717, 1.165) is 39.0 Å². The van der Waals surface area contributed by atoms with Crippen molar-refractivity contribution >= 4 is 68.5 Å². The van der Waals surface area contributed by atoms with Gasteiger partial charge >= 0.3 is 0 Å². The summed E-state index contributed by atoms with van der Waals surface area (Å²) in [7, 11) is 4.07. The summed E-state index contributed by atoms with van der Waals surface area (Å²) in [6, 6.07) is 14.8. The molecule has 1 aromatic heterocycles. The highest BCUT2D eigenvalue weighted by atomic mass is 35.5. The molecule has 0 atom stereocenters. The standard InChI is InChI=1S/C23H29N3OS3.ClH/c1-17-10-12-18(13-11-17)29-16-6-9-21(27)26(15-14-25(2)3)23-24-22-19(28-4)7-5-8-20(22)30-23;/h5,7-8,10-13H,6,9,14-16H2,1-4H3;1H. The van der Waals surface area contributed by atoms with Crippen LogP contribution in [0.1, 0.15) is 18.4 Å². The molecule has 1 amide bonds. The van der Waals surface area contributed by atoms with Gasteiger partial charge in [0.1, 0.15) is 0 Å². The van der Waals surface area contributed by atoms with E-state index in [1.54, 1.807) is 23.1 Å². The molecule has 31 heavy (non-hydrogen) atoms. The average molecular weight is 496 g/mol. The average Bonchev–Trinajstić information content (AvgIpc) is 3.16. The van der Waals surface area contributed by atoms with E-state index >= 15 is 0 Å². The number of aryl methyl sites for hydroxylation is 1. The molecule has 2 aromatic carbocycles. The zero-order valence-corrected chi connectivity index (χ0v) is 21.7. The predicted octanol–water partition coefficient (Wildman–Crippen LogP) is 6.22. The van der Waals surface area contributed by atoms with Crippen molar-refractivity contribution in [3.05, 3.63) is 48.0 Å². The Kier molecular flexibility index (Phi) is 10.7. The van der Waals surface area contributed by atoms with Gasteiger partial charge in [-0.2, -0.15) is 0 Å². The van der Waals surface area contributed by atoms with Crippen LogP contribution in [0.5, 0.6) is 0 Å². The van der Waals surface area contributed by atoms with Gasteiger partial charge in [-0.1, -0.05) is 35.1 Å². The summed E-state index contributed by atoms with van der Waals surface area (Å²) in [6.45, 7) is 3.57. The van der Waals surface area contributed by atoms with Crippen LogP contribution in [0, 0.1) is 6.92 Å². The summed E-state index contributed by atoms with van der Waals surface area (Å²) < 4.78 is 1.13. The molecule has 0 unspecified atom stereocenters. The van der Waals surface area contributed by atoms with E-state index < -0.39 is 0 Å². The van der Waals surface area contributed by atoms with Gasteiger partial charge in [0, 0.05) is 29.3 Å². The van der Waals surface area contributed by atoms with Crippen molar-refractivity contribution in [2.24, 2.45) is 0 Å². The molecule has 0 aliphatic rings. The van der Waals surface area contributed by atoms with E-state index in [1.807, 2.05) is 30.8 Å². The molecule has 1 heterocycles. The molecule has 168 valence electrons. The maximum atomic E-state index is 13.1. The quantitative estimate of drug-likeness (QED) is 0.246. The first-order chi connectivity index (χ1) is 14.5. The van der Waals surface area contributed by atoms with Gasteiger partial charge in [0.2, 0.25) is 5.91 Å². The number of carbonyl (C=O) groups excluding carboxylic acids is 1. The highest BCUT2D eigenvalue weighted by Crippen LogP contribution is 2.34. The van der Waals surface area contributed by atoms with Gasteiger partial charge in [0.05, 0.1) is 10.2 Å². The monoisotopic (exact) mass is 495 g/mol. The summed E-state index contributed by atoms with van der Waals surface area (Å²) in [5.74, 6) is 1.10. The van der Waals surface area contributed by atoms with Crippen LogP contribution in [-0.2, 0) is 4.79 Å². The Morgan fingerprint density at radius 3 is 2.52 bits per heavy atom. The lowest BCUT2D eigenvalue weighted by Crippen LogP contribution is -2.36. The van der Waals surface area contributed by atoms with Crippen molar-refractivity contribution < 1.29 is 4.79 Å². The molecular formula is C23H30ClN3OS3. The van der Waals surface area contributed by atoms with Crippen LogP contribution < -0.4 is 4.90 Å². The molecule has 8 heteroatoms. The molecule has 0 radical (unpaired) electrons. The first-order valence-electron chi connectivity index (χ1n) is 10.1. The second-order valence-electron chi connectivity index (χ2n) is 7.42. The third-order valence-electron chi connectivity index (χ3n) is 4.72. The van der Waals surface area contributed by atoms with Gasteiger partial charge in [-0.3, -0.25) is 9.69 Å². The van der Waals surface area contributed by atoms with Crippen LogP contribution in [0.25, 0.3) is 10.2 Å². The van der Waals surface area contributed by atoms with E-state index in [0.29, 0.717) is 13.0 Å². The Bertz CT molecular complexity index is 976. The highest BCUT2D eigenvalue weighted by Gasteiger charge is 2.20. The van der Waals surface area contributed by atoms with Gasteiger partial charge in [-0.25, -0.2) is 4.98 Å². The Labute approximate surface area is 204 Å². The smallest absolute Gasteiger partial charge is 0.228 e. The van der Waals surface area contributed by atoms with E-state index in [1.165, 1.54) is 10.5 Å². The van der Waals surface area contributed by atoms with Crippen LogP contribution in [0.4, 0.5) is 5.13 Å². The minimum absolute atomic E-state index is 0. The number of thiazole rings is 1. The fraction of sp³-hybridized carbons (Fsp3) is 0.391.